The lowest BCUT2D eigenvalue weighted by Crippen LogP contribution is -2.31. The number of hydrogen-bond acceptors (Lipinski definition) is 2. The van der Waals surface area contributed by atoms with E-state index in [1.54, 1.807) is 0 Å². The van der Waals surface area contributed by atoms with Crippen molar-refractivity contribution in [3.05, 3.63) is 0 Å². The van der Waals surface area contributed by atoms with E-state index in [9.17, 15) is 0 Å². The van der Waals surface area contributed by atoms with Gasteiger partial charge >= 0.3 is 0 Å². The third-order valence-electron chi connectivity index (χ3n) is 0.897. The van der Waals surface area contributed by atoms with E-state index in [-0.39, 0.29) is 23.4 Å². The second kappa shape index (κ2) is 15.7. The third-order valence-corrected chi connectivity index (χ3v) is 0.897. The van der Waals surface area contributed by atoms with Crippen LogP contribution in [0, 0.1) is 0 Å². The van der Waals surface area contributed by atoms with Crippen molar-refractivity contribution in [1.29, 1.82) is 0 Å². The molecule has 62 valence electrons. The molecular weight excluding hydrogens is 144 g/mol. The Balaban J connectivity index is -0.0000000417. The van der Waals surface area contributed by atoms with Crippen molar-refractivity contribution < 1.29 is 11.0 Å². The summed E-state index contributed by atoms with van der Waals surface area (Å²) in [6, 6.07) is 0.463. The van der Waals surface area contributed by atoms with Crippen LogP contribution in [-0.2, 0) is 0 Å². The first kappa shape index (κ1) is 22.9. The van der Waals surface area contributed by atoms with Gasteiger partial charge in [0.25, 0.3) is 0 Å². The first-order valence-electron chi connectivity index (χ1n) is 2.27. The average molecular weight is 161 g/mol. The van der Waals surface area contributed by atoms with Gasteiger partial charge in [0.2, 0.25) is 0 Å². The summed E-state index contributed by atoms with van der Waals surface area (Å²) in [6.07, 6.45) is 1.09. The molecular formula is C4H17ClN2O2. The minimum atomic E-state index is 0. The van der Waals surface area contributed by atoms with Crippen LogP contribution in [0.1, 0.15) is 20.3 Å². The molecule has 0 amide bonds. The predicted octanol–water partition coefficient (Wildman–Crippen LogP) is -0.979. The van der Waals surface area contributed by atoms with Crippen LogP contribution in [0.15, 0.2) is 0 Å². The lowest BCUT2D eigenvalue weighted by Gasteiger charge is -2.02. The van der Waals surface area contributed by atoms with Gasteiger partial charge in [-0.05, 0) is 13.3 Å². The van der Waals surface area contributed by atoms with E-state index in [0.717, 1.165) is 6.42 Å². The largest absolute Gasteiger partial charge is 0.412 e. The maximum Gasteiger partial charge on any atom is 0.0179 e. The minimum Gasteiger partial charge on any atom is -0.412 e. The van der Waals surface area contributed by atoms with Gasteiger partial charge in [-0.25, -0.2) is 0 Å². The van der Waals surface area contributed by atoms with Crippen molar-refractivity contribution in [2.24, 2.45) is 5.84 Å². The Hall–Kier alpha value is 0.130. The summed E-state index contributed by atoms with van der Waals surface area (Å²) in [5.41, 5.74) is 2.61. The van der Waals surface area contributed by atoms with Crippen molar-refractivity contribution in [2.45, 2.75) is 26.3 Å². The molecule has 0 radical (unpaired) electrons. The molecule has 4 nitrogen and oxygen atoms in total. The number of hydrogen-bond donors (Lipinski definition) is 2. The molecule has 0 heterocycles. The van der Waals surface area contributed by atoms with Gasteiger partial charge in [0, 0.05) is 6.04 Å². The maximum absolute atomic E-state index is 5.03. The van der Waals surface area contributed by atoms with Crippen LogP contribution in [0.3, 0.4) is 0 Å². The summed E-state index contributed by atoms with van der Waals surface area (Å²) < 4.78 is 0. The molecule has 0 fully saturated rings. The Kier molecular flexibility index (Phi) is 40.0. The molecule has 0 saturated heterocycles. The van der Waals surface area contributed by atoms with Gasteiger partial charge < -0.3 is 11.0 Å². The molecule has 0 spiro atoms. The van der Waals surface area contributed by atoms with E-state index >= 15 is 0 Å². The van der Waals surface area contributed by atoms with Crippen molar-refractivity contribution in [2.75, 3.05) is 0 Å². The number of nitrogens with two attached hydrogens (primary N) is 1. The zero-order chi connectivity index (χ0) is 4.99. The first-order chi connectivity index (χ1) is 2.81. The Morgan fingerprint density at radius 3 is 1.78 bits per heavy atom. The maximum atomic E-state index is 5.03. The fraction of sp³-hybridized carbons (Fsp3) is 1.00. The summed E-state index contributed by atoms with van der Waals surface area (Å²) in [7, 11) is 0. The van der Waals surface area contributed by atoms with Crippen LogP contribution in [0.4, 0.5) is 0 Å². The van der Waals surface area contributed by atoms with Gasteiger partial charge in [-0.1, -0.05) is 6.92 Å². The van der Waals surface area contributed by atoms with E-state index in [1.807, 2.05) is 6.92 Å². The highest BCUT2D eigenvalue weighted by atomic mass is 35.5. The van der Waals surface area contributed by atoms with Crippen LogP contribution in [0.2, 0.25) is 0 Å². The molecule has 1 atom stereocenters. The molecule has 0 aliphatic heterocycles. The molecule has 0 rings (SSSR count). The summed E-state index contributed by atoms with van der Waals surface area (Å²) >= 11 is 0. The standard InChI is InChI=1S/C4H12N2.ClH.2H2O/c1-3-4(2)6-5;;;/h4,6H,3,5H2,1-2H3;1H;2*1H2. The zero-order valence-corrected chi connectivity index (χ0v) is 6.59. The Labute approximate surface area is 61.8 Å². The molecule has 0 aromatic heterocycles. The minimum absolute atomic E-state index is 0. The zero-order valence-electron chi connectivity index (χ0n) is 5.77. The van der Waals surface area contributed by atoms with Gasteiger partial charge in [0.05, 0.1) is 0 Å². The molecule has 0 aliphatic carbocycles. The fourth-order valence-electron chi connectivity index (χ4n) is 0.118. The van der Waals surface area contributed by atoms with Crippen LogP contribution in [0.5, 0.6) is 0 Å². The number of nitrogens with one attached hydrogen (secondary N) is 1. The Morgan fingerprint density at radius 2 is 1.78 bits per heavy atom. The van der Waals surface area contributed by atoms with Gasteiger partial charge in [-0.2, -0.15) is 0 Å². The molecule has 9 heavy (non-hydrogen) atoms. The number of hydrazine groups is 1. The van der Waals surface area contributed by atoms with Crippen molar-refractivity contribution in [3.63, 3.8) is 0 Å². The second-order valence-electron chi connectivity index (χ2n) is 1.48. The van der Waals surface area contributed by atoms with Gasteiger partial charge in [-0.3, -0.25) is 11.3 Å². The lowest BCUT2D eigenvalue weighted by atomic mass is 10.3. The lowest BCUT2D eigenvalue weighted by molar-refractivity contribution is 0.555. The number of rotatable bonds is 2. The molecule has 0 aromatic carbocycles. The van der Waals surface area contributed by atoms with E-state index in [2.05, 4.69) is 12.3 Å². The van der Waals surface area contributed by atoms with Crippen molar-refractivity contribution >= 4 is 12.4 Å². The molecule has 0 bridgehead atoms. The molecule has 0 saturated carbocycles. The van der Waals surface area contributed by atoms with E-state index in [1.165, 1.54) is 0 Å². The van der Waals surface area contributed by atoms with E-state index < -0.39 is 0 Å². The smallest absolute Gasteiger partial charge is 0.0179 e. The number of halogens is 1. The topological polar surface area (TPSA) is 101 Å². The highest BCUT2D eigenvalue weighted by molar-refractivity contribution is 5.85. The molecule has 0 aliphatic rings. The van der Waals surface area contributed by atoms with Crippen molar-refractivity contribution in [3.8, 4) is 0 Å². The monoisotopic (exact) mass is 160 g/mol. The van der Waals surface area contributed by atoms with Gasteiger partial charge in [-0.15, -0.1) is 12.4 Å². The first-order valence-corrected chi connectivity index (χ1v) is 2.27. The quantitative estimate of drug-likeness (QED) is 0.401. The SMILES string of the molecule is CCC(C)NN.Cl.O.O. The molecule has 5 heteroatoms. The van der Waals surface area contributed by atoms with Crippen LogP contribution in [0.25, 0.3) is 0 Å². The van der Waals surface area contributed by atoms with Gasteiger partial charge in [0.15, 0.2) is 0 Å². The third kappa shape index (κ3) is 17.9. The van der Waals surface area contributed by atoms with Crippen LogP contribution in [-0.4, -0.2) is 17.0 Å². The predicted molar refractivity (Wildman–Crippen MR) is 41.6 cm³/mol. The normalized spacial score (nSPS) is 9.67. The fourth-order valence-corrected chi connectivity index (χ4v) is 0.118. The average Bonchev–Trinajstić information content (AvgIpc) is 1.65. The van der Waals surface area contributed by atoms with Gasteiger partial charge in [0.1, 0.15) is 0 Å². The second-order valence-corrected chi connectivity index (χ2v) is 1.48. The Morgan fingerprint density at radius 1 is 1.44 bits per heavy atom. The van der Waals surface area contributed by atoms with Crippen LogP contribution >= 0.6 is 12.4 Å². The highest BCUT2D eigenvalue weighted by Gasteiger charge is 1.87. The van der Waals surface area contributed by atoms with E-state index in [0.29, 0.717) is 6.04 Å². The summed E-state index contributed by atoms with van der Waals surface area (Å²) in [5, 5.41) is 0. The van der Waals surface area contributed by atoms with Crippen LogP contribution < -0.4 is 11.3 Å². The van der Waals surface area contributed by atoms with E-state index in [4.69, 9.17) is 5.84 Å². The van der Waals surface area contributed by atoms with Crippen molar-refractivity contribution in [1.82, 2.24) is 5.43 Å². The Bertz CT molecular complexity index is 35.7. The molecule has 7 N–H and O–H groups in total. The summed E-state index contributed by atoms with van der Waals surface area (Å²) in [6.45, 7) is 4.13. The molecule has 1 unspecified atom stereocenters. The highest BCUT2D eigenvalue weighted by Crippen LogP contribution is 1.81. The molecule has 0 aromatic rings. The summed E-state index contributed by atoms with van der Waals surface area (Å²) in [4.78, 5) is 0. The summed E-state index contributed by atoms with van der Waals surface area (Å²) in [5.74, 6) is 5.03.